The Hall–Kier alpha value is -1.16. The van der Waals surface area contributed by atoms with Crippen LogP contribution < -0.4 is 0 Å². The van der Waals surface area contributed by atoms with Crippen LogP contribution in [0.15, 0.2) is 30.3 Å². The molecule has 4 heteroatoms. The number of rotatable bonds is 5. The Morgan fingerprint density at radius 1 is 1.20 bits per heavy atom. The maximum absolute atomic E-state index is 11.1. The van der Waals surface area contributed by atoms with E-state index in [4.69, 9.17) is 4.74 Å². The van der Waals surface area contributed by atoms with E-state index in [-0.39, 0.29) is 13.0 Å². The van der Waals surface area contributed by atoms with Crippen molar-refractivity contribution in [2.24, 2.45) is 0 Å². The fraction of sp³-hybridized carbons (Fsp3) is 0.273. The fourth-order valence-corrected chi connectivity index (χ4v) is 1.35. The number of hydrogen-bond donors (Lipinski definition) is 0. The van der Waals surface area contributed by atoms with Crippen molar-refractivity contribution in [2.75, 3.05) is 5.33 Å². The van der Waals surface area contributed by atoms with Crippen LogP contribution in [-0.2, 0) is 20.9 Å². The quantitative estimate of drug-likeness (QED) is 0.468. The van der Waals surface area contributed by atoms with E-state index < -0.39 is 11.8 Å². The van der Waals surface area contributed by atoms with Crippen molar-refractivity contribution in [1.82, 2.24) is 0 Å². The normalized spacial score (nSPS) is 9.67. The number of carbonyl (C=O) groups is 2. The van der Waals surface area contributed by atoms with Gasteiger partial charge in [-0.2, -0.15) is 0 Å². The minimum atomic E-state index is -0.765. The minimum Gasteiger partial charge on any atom is -0.455 e. The molecule has 3 nitrogen and oxygen atoms in total. The van der Waals surface area contributed by atoms with E-state index in [0.717, 1.165) is 5.56 Å². The third kappa shape index (κ3) is 4.25. The highest BCUT2D eigenvalue weighted by atomic mass is 79.9. The molecule has 0 aliphatic carbocycles. The van der Waals surface area contributed by atoms with Crippen LogP contribution in [0.5, 0.6) is 0 Å². The molecule has 0 saturated carbocycles. The lowest BCUT2D eigenvalue weighted by molar-refractivity contribution is -0.154. The van der Waals surface area contributed by atoms with Crippen LogP contribution in [-0.4, -0.2) is 17.1 Å². The molecule has 0 atom stereocenters. The van der Waals surface area contributed by atoms with Gasteiger partial charge in [-0.25, -0.2) is 4.79 Å². The topological polar surface area (TPSA) is 43.4 Å². The Balaban J connectivity index is 2.38. The molecule has 0 heterocycles. The first-order chi connectivity index (χ1) is 7.24. The molecule has 1 rings (SSSR count). The number of ketones is 1. The Kier molecular flexibility index (Phi) is 5.04. The maximum atomic E-state index is 11.1. The predicted molar refractivity (Wildman–Crippen MR) is 59.7 cm³/mol. The molecule has 1 aromatic carbocycles. The second-order valence-corrected chi connectivity index (χ2v) is 3.72. The molecule has 0 radical (unpaired) electrons. The maximum Gasteiger partial charge on any atom is 0.374 e. The lowest BCUT2D eigenvalue weighted by atomic mass is 10.2. The van der Waals surface area contributed by atoms with Crippen molar-refractivity contribution in [2.45, 2.75) is 13.0 Å². The largest absolute Gasteiger partial charge is 0.455 e. The third-order valence-corrected chi connectivity index (χ3v) is 2.16. The molecule has 0 spiro atoms. The van der Waals surface area contributed by atoms with E-state index in [1.807, 2.05) is 30.3 Å². The molecular formula is C11H11BrO3. The number of halogens is 1. The van der Waals surface area contributed by atoms with Crippen LogP contribution >= 0.6 is 15.9 Å². The summed E-state index contributed by atoms with van der Waals surface area (Å²) < 4.78 is 4.83. The number of ether oxygens (including phenoxy) is 1. The third-order valence-electron chi connectivity index (χ3n) is 1.76. The fourth-order valence-electron chi connectivity index (χ4n) is 0.991. The summed E-state index contributed by atoms with van der Waals surface area (Å²) in [7, 11) is 0. The van der Waals surface area contributed by atoms with Gasteiger partial charge in [0.05, 0.1) is 0 Å². The number of alkyl halides is 1. The highest BCUT2D eigenvalue weighted by Gasteiger charge is 2.13. The van der Waals surface area contributed by atoms with E-state index >= 15 is 0 Å². The summed E-state index contributed by atoms with van der Waals surface area (Å²) in [5, 5.41) is 0.478. The summed E-state index contributed by atoms with van der Waals surface area (Å²) in [5.74, 6) is -1.26. The smallest absolute Gasteiger partial charge is 0.374 e. The zero-order valence-electron chi connectivity index (χ0n) is 8.11. The molecule has 0 bridgehead atoms. The molecule has 0 aliphatic heterocycles. The molecule has 0 amide bonds. The Morgan fingerprint density at radius 3 is 2.47 bits per heavy atom. The minimum absolute atomic E-state index is 0.147. The molecule has 0 unspecified atom stereocenters. The van der Waals surface area contributed by atoms with Crippen LogP contribution in [0.1, 0.15) is 12.0 Å². The van der Waals surface area contributed by atoms with Gasteiger partial charge in [0, 0.05) is 11.8 Å². The first kappa shape index (κ1) is 11.9. The van der Waals surface area contributed by atoms with Crippen molar-refractivity contribution in [1.29, 1.82) is 0 Å². The molecule has 15 heavy (non-hydrogen) atoms. The van der Waals surface area contributed by atoms with Crippen LogP contribution in [0.4, 0.5) is 0 Å². The average molecular weight is 271 g/mol. The monoisotopic (exact) mass is 270 g/mol. The Morgan fingerprint density at radius 2 is 1.87 bits per heavy atom. The lowest BCUT2D eigenvalue weighted by Gasteiger charge is -2.02. The van der Waals surface area contributed by atoms with Gasteiger partial charge < -0.3 is 4.74 Å². The molecule has 0 aromatic heterocycles. The zero-order chi connectivity index (χ0) is 11.1. The van der Waals surface area contributed by atoms with E-state index in [9.17, 15) is 9.59 Å². The number of carbonyl (C=O) groups excluding carboxylic acids is 2. The molecular weight excluding hydrogens is 260 g/mol. The van der Waals surface area contributed by atoms with Gasteiger partial charge in [0.25, 0.3) is 0 Å². The van der Waals surface area contributed by atoms with E-state index in [2.05, 4.69) is 15.9 Å². The zero-order valence-corrected chi connectivity index (χ0v) is 9.70. The first-order valence-electron chi connectivity index (χ1n) is 4.54. The van der Waals surface area contributed by atoms with Crippen LogP contribution in [0, 0.1) is 0 Å². The Bertz CT molecular complexity index is 335. The predicted octanol–water partition coefficient (Wildman–Crippen LogP) is 2.08. The second kappa shape index (κ2) is 6.35. The first-order valence-corrected chi connectivity index (χ1v) is 5.66. The van der Waals surface area contributed by atoms with Crippen molar-refractivity contribution in [3.8, 4) is 0 Å². The highest BCUT2D eigenvalue weighted by molar-refractivity contribution is 9.09. The highest BCUT2D eigenvalue weighted by Crippen LogP contribution is 2.01. The Labute approximate surface area is 96.6 Å². The van der Waals surface area contributed by atoms with Gasteiger partial charge in [-0.05, 0) is 5.56 Å². The summed E-state index contributed by atoms with van der Waals surface area (Å²) >= 11 is 3.09. The molecule has 80 valence electrons. The molecule has 0 aliphatic rings. The summed E-state index contributed by atoms with van der Waals surface area (Å²) in [5.41, 5.74) is 0.873. The van der Waals surface area contributed by atoms with E-state index in [1.165, 1.54) is 0 Å². The summed E-state index contributed by atoms with van der Waals surface area (Å²) in [6.07, 6.45) is 0.174. The average Bonchev–Trinajstić information content (AvgIpc) is 2.27. The summed E-state index contributed by atoms with van der Waals surface area (Å²) in [6, 6.07) is 9.25. The molecule has 1 aromatic rings. The summed E-state index contributed by atoms with van der Waals surface area (Å²) in [4.78, 5) is 22.2. The van der Waals surface area contributed by atoms with Crippen LogP contribution in [0.2, 0.25) is 0 Å². The number of hydrogen-bond acceptors (Lipinski definition) is 3. The van der Waals surface area contributed by atoms with E-state index in [1.54, 1.807) is 0 Å². The molecule has 0 saturated heterocycles. The number of benzene rings is 1. The van der Waals surface area contributed by atoms with Crippen molar-refractivity contribution < 1.29 is 14.3 Å². The van der Waals surface area contributed by atoms with Gasteiger partial charge in [-0.1, -0.05) is 46.3 Å². The number of Topliss-reactive ketones (excluding diaryl/α,β-unsaturated/α-hetero) is 1. The van der Waals surface area contributed by atoms with Crippen molar-refractivity contribution in [3.63, 3.8) is 0 Å². The van der Waals surface area contributed by atoms with Crippen LogP contribution in [0.3, 0.4) is 0 Å². The van der Waals surface area contributed by atoms with Crippen molar-refractivity contribution >= 4 is 27.7 Å². The SMILES string of the molecule is O=C(CCBr)C(=O)OCc1ccccc1. The second-order valence-electron chi connectivity index (χ2n) is 2.92. The number of esters is 1. The van der Waals surface area contributed by atoms with Gasteiger partial charge in [0.1, 0.15) is 6.61 Å². The van der Waals surface area contributed by atoms with Crippen molar-refractivity contribution in [3.05, 3.63) is 35.9 Å². The molecule has 0 fully saturated rings. The van der Waals surface area contributed by atoms with Crippen LogP contribution in [0.25, 0.3) is 0 Å². The standard InChI is InChI=1S/C11H11BrO3/c12-7-6-10(13)11(14)15-8-9-4-2-1-3-5-9/h1-5H,6-8H2. The van der Waals surface area contributed by atoms with Gasteiger partial charge in [0.2, 0.25) is 5.78 Å². The van der Waals surface area contributed by atoms with E-state index in [0.29, 0.717) is 5.33 Å². The van der Waals surface area contributed by atoms with Gasteiger partial charge >= 0.3 is 5.97 Å². The summed E-state index contributed by atoms with van der Waals surface area (Å²) in [6.45, 7) is 0.147. The van der Waals surface area contributed by atoms with Gasteiger partial charge in [0.15, 0.2) is 0 Å². The lowest BCUT2D eigenvalue weighted by Crippen LogP contribution is -2.17. The molecule has 0 N–H and O–H groups in total. The van der Waals surface area contributed by atoms with Gasteiger partial charge in [-0.15, -0.1) is 0 Å². The van der Waals surface area contributed by atoms with Gasteiger partial charge in [-0.3, -0.25) is 4.79 Å².